The molecule has 0 radical (unpaired) electrons. The first-order chi connectivity index (χ1) is 8.95. The Kier molecular flexibility index (Phi) is 5.76. The van der Waals surface area contributed by atoms with Crippen LogP contribution in [0.3, 0.4) is 0 Å². The summed E-state index contributed by atoms with van der Waals surface area (Å²) in [5.41, 5.74) is 6.64. The molecule has 4 nitrogen and oxygen atoms in total. The molecule has 0 saturated carbocycles. The van der Waals surface area contributed by atoms with E-state index in [-0.39, 0.29) is 11.9 Å². The molecule has 0 aliphatic heterocycles. The van der Waals surface area contributed by atoms with Gasteiger partial charge < -0.3 is 15.4 Å². The smallest absolute Gasteiger partial charge is 0.223 e. The zero-order valence-electron chi connectivity index (χ0n) is 11.6. The summed E-state index contributed by atoms with van der Waals surface area (Å²) in [6.45, 7) is 1.83. The van der Waals surface area contributed by atoms with Gasteiger partial charge in [0.15, 0.2) is 0 Å². The van der Waals surface area contributed by atoms with Crippen LogP contribution in [-0.2, 0) is 11.2 Å². The highest BCUT2D eigenvalue weighted by Gasteiger charge is 2.17. The van der Waals surface area contributed by atoms with Crippen LogP contribution in [0.1, 0.15) is 18.9 Å². The van der Waals surface area contributed by atoms with Crippen molar-refractivity contribution in [3.63, 3.8) is 0 Å². The molecule has 2 N–H and O–H groups in total. The van der Waals surface area contributed by atoms with Gasteiger partial charge >= 0.3 is 0 Å². The highest BCUT2D eigenvalue weighted by Crippen LogP contribution is 2.13. The number of aryl methyl sites for hydroxylation is 1. The summed E-state index contributed by atoms with van der Waals surface area (Å²) < 4.78 is 5.09. The highest BCUT2D eigenvalue weighted by molar-refractivity contribution is 7.80. The van der Waals surface area contributed by atoms with E-state index in [4.69, 9.17) is 22.7 Å². The van der Waals surface area contributed by atoms with Crippen LogP contribution in [0.2, 0.25) is 0 Å². The summed E-state index contributed by atoms with van der Waals surface area (Å²) in [7, 11) is 3.35. The van der Waals surface area contributed by atoms with Gasteiger partial charge in [-0.25, -0.2) is 0 Å². The van der Waals surface area contributed by atoms with Gasteiger partial charge in [0, 0.05) is 13.5 Å². The van der Waals surface area contributed by atoms with Gasteiger partial charge in [0.1, 0.15) is 5.75 Å². The van der Waals surface area contributed by atoms with Crippen molar-refractivity contribution in [1.29, 1.82) is 0 Å². The second kappa shape index (κ2) is 7.09. The van der Waals surface area contributed by atoms with E-state index in [1.54, 1.807) is 19.1 Å². The van der Waals surface area contributed by atoms with E-state index in [9.17, 15) is 4.79 Å². The van der Waals surface area contributed by atoms with Crippen LogP contribution < -0.4 is 10.5 Å². The standard InChI is InChI=1S/C14H20N2O2S/c1-10(14(15)19)16(2)13(17)9-6-11-4-7-12(18-3)8-5-11/h4-5,7-8,10H,6,9H2,1-3H3,(H2,15,19). The predicted molar refractivity (Wildman–Crippen MR) is 80.3 cm³/mol. The van der Waals surface area contributed by atoms with Crippen LogP contribution in [0.5, 0.6) is 5.75 Å². The summed E-state index contributed by atoms with van der Waals surface area (Å²) >= 11 is 4.89. The third-order valence-corrected chi connectivity index (χ3v) is 3.51. The van der Waals surface area contributed by atoms with Crippen molar-refractivity contribution in [2.45, 2.75) is 25.8 Å². The fourth-order valence-corrected chi connectivity index (χ4v) is 1.78. The maximum atomic E-state index is 12.0. The molecule has 0 fully saturated rings. The normalized spacial score (nSPS) is 11.7. The van der Waals surface area contributed by atoms with Crippen molar-refractivity contribution < 1.29 is 9.53 Å². The maximum Gasteiger partial charge on any atom is 0.223 e. The number of nitrogens with two attached hydrogens (primary N) is 1. The Bertz CT molecular complexity index is 445. The molecule has 1 unspecified atom stereocenters. The van der Waals surface area contributed by atoms with Crippen LogP contribution in [0.25, 0.3) is 0 Å². The minimum atomic E-state index is -0.210. The number of ether oxygens (including phenoxy) is 1. The molecule has 0 aliphatic rings. The van der Waals surface area contributed by atoms with Crippen molar-refractivity contribution in [3.8, 4) is 5.75 Å². The summed E-state index contributed by atoms with van der Waals surface area (Å²) in [6.07, 6.45) is 1.13. The molecule has 0 aliphatic carbocycles. The first kappa shape index (κ1) is 15.4. The minimum Gasteiger partial charge on any atom is -0.497 e. The van der Waals surface area contributed by atoms with Gasteiger partial charge in [0.2, 0.25) is 5.91 Å². The van der Waals surface area contributed by atoms with Gasteiger partial charge in [0.25, 0.3) is 0 Å². The number of thiocarbonyl (C=S) groups is 1. The maximum absolute atomic E-state index is 12.0. The van der Waals surface area contributed by atoms with Crippen LogP contribution in [-0.4, -0.2) is 36.0 Å². The van der Waals surface area contributed by atoms with Crippen molar-refractivity contribution in [3.05, 3.63) is 29.8 Å². The number of nitrogens with zero attached hydrogens (tertiary/aromatic N) is 1. The fraction of sp³-hybridized carbons (Fsp3) is 0.429. The molecular weight excluding hydrogens is 260 g/mol. The monoisotopic (exact) mass is 280 g/mol. The predicted octanol–water partition coefficient (Wildman–Crippen LogP) is 1.76. The molecule has 5 heteroatoms. The Labute approximate surface area is 119 Å². The van der Waals surface area contributed by atoms with Crippen molar-refractivity contribution in [2.75, 3.05) is 14.2 Å². The largest absolute Gasteiger partial charge is 0.497 e. The second-order valence-corrected chi connectivity index (χ2v) is 4.90. The molecule has 0 aromatic heterocycles. The average molecular weight is 280 g/mol. The van der Waals surface area contributed by atoms with E-state index < -0.39 is 0 Å². The number of benzene rings is 1. The molecule has 0 heterocycles. The van der Waals surface area contributed by atoms with E-state index in [0.717, 1.165) is 11.3 Å². The Morgan fingerprint density at radius 3 is 2.47 bits per heavy atom. The average Bonchev–Trinajstić information content (AvgIpc) is 2.43. The van der Waals surface area contributed by atoms with Crippen molar-refractivity contribution >= 4 is 23.1 Å². The van der Waals surface area contributed by atoms with Gasteiger partial charge in [-0.15, -0.1) is 0 Å². The quantitative estimate of drug-likeness (QED) is 0.807. The molecule has 104 valence electrons. The molecule has 0 spiro atoms. The van der Waals surface area contributed by atoms with Gasteiger partial charge in [-0.2, -0.15) is 0 Å². The lowest BCUT2D eigenvalue weighted by Crippen LogP contribution is -2.42. The zero-order chi connectivity index (χ0) is 14.4. The number of methoxy groups -OCH3 is 1. The third-order valence-electron chi connectivity index (χ3n) is 3.17. The summed E-state index contributed by atoms with van der Waals surface area (Å²) in [4.78, 5) is 13.9. The van der Waals surface area contributed by atoms with Crippen LogP contribution >= 0.6 is 12.2 Å². The fourth-order valence-electron chi connectivity index (χ4n) is 1.63. The number of hydrogen-bond donors (Lipinski definition) is 1. The minimum absolute atomic E-state index is 0.0381. The lowest BCUT2D eigenvalue weighted by molar-refractivity contribution is -0.130. The first-order valence-electron chi connectivity index (χ1n) is 6.13. The number of likely N-dealkylation sites (N-methyl/N-ethyl adjacent to an activating group) is 1. The molecule has 1 amide bonds. The molecule has 1 aromatic rings. The molecule has 0 bridgehead atoms. The molecule has 0 saturated heterocycles. The Balaban J connectivity index is 2.51. The molecular formula is C14H20N2O2S. The Morgan fingerprint density at radius 1 is 1.42 bits per heavy atom. The van der Waals surface area contributed by atoms with E-state index in [2.05, 4.69) is 0 Å². The molecule has 1 atom stereocenters. The summed E-state index contributed by atoms with van der Waals surface area (Å²) in [6, 6.07) is 7.49. The first-order valence-corrected chi connectivity index (χ1v) is 6.54. The lowest BCUT2D eigenvalue weighted by atomic mass is 10.1. The number of rotatable bonds is 6. The third kappa shape index (κ3) is 4.52. The number of hydrogen-bond acceptors (Lipinski definition) is 3. The highest BCUT2D eigenvalue weighted by atomic mass is 32.1. The number of carbonyl (C=O) groups is 1. The van der Waals surface area contributed by atoms with Gasteiger partial charge in [-0.05, 0) is 31.0 Å². The van der Waals surface area contributed by atoms with E-state index in [1.807, 2.05) is 31.2 Å². The number of carbonyl (C=O) groups excluding carboxylic acids is 1. The van der Waals surface area contributed by atoms with Crippen molar-refractivity contribution in [1.82, 2.24) is 4.90 Å². The SMILES string of the molecule is COc1ccc(CCC(=O)N(C)C(C)C(N)=S)cc1. The Morgan fingerprint density at radius 2 is 2.00 bits per heavy atom. The van der Waals surface area contributed by atoms with E-state index in [0.29, 0.717) is 17.8 Å². The second-order valence-electron chi connectivity index (χ2n) is 4.43. The molecule has 1 rings (SSSR count). The van der Waals surface area contributed by atoms with E-state index >= 15 is 0 Å². The zero-order valence-corrected chi connectivity index (χ0v) is 12.4. The lowest BCUT2D eigenvalue weighted by Gasteiger charge is -2.23. The van der Waals surface area contributed by atoms with Crippen LogP contribution in [0.15, 0.2) is 24.3 Å². The summed E-state index contributed by atoms with van der Waals surface area (Å²) in [5.74, 6) is 0.852. The number of amides is 1. The Hall–Kier alpha value is -1.62. The topological polar surface area (TPSA) is 55.6 Å². The molecule has 1 aromatic carbocycles. The van der Waals surface area contributed by atoms with Crippen LogP contribution in [0.4, 0.5) is 0 Å². The van der Waals surface area contributed by atoms with E-state index in [1.165, 1.54) is 0 Å². The van der Waals surface area contributed by atoms with Gasteiger partial charge in [-0.1, -0.05) is 24.4 Å². The summed E-state index contributed by atoms with van der Waals surface area (Å²) in [5, 5.41) is 0. The van der Waals surface area contributed by atoms with Gasteiger partial charge in [0.05, 0.1) is 18.1 Å². The van der Waals surface area contributed by atoms with Crippen molar-refractivity contribution in [2.24, 2.45) is 5.73 Å². The molecule has 19 heavy (non-hydrogen) atoms. The van der Waals surface area contributed by atoms with Crippen LogP contribution in [0, 0.1) is 0 Å². The van der Waals surface area contributed by atoms with Gasteiger partial charge in [-0.3, -0.25) is 4.79 Å².